The minimum atomic E-state index is 0.00719. The maximum absolute atomic E-state index is 14.3. The summed E-state index contributed by atoms with van der Waals surface area (Å²) < 4.78 is 6.05. The highest BCUT2D eigenvalue weighted by Crippen LogP contribution is 2.38. The van der Waals surface area contributed by atoms with Crippen molar-refractivity contribution in [1.29, 1.82) is 0 Å². The number of Topliss-reactive ketones (excluding diaryl/α,β-unsaturated/α-hetero) is 1. The summed E-state index contributed by atoms with van der Waals surface area (Å²) in [7, 11) is 2.01. The molecule has 0 bridgehead atoms. The van der Waals surface area contributed by atoms with Gasteiger partial charge in [-0.15, -0.1) is 0 Å². The Morgan fingerprint density at radius 1 is 0.975 bits per heavy atom. The molecule has 0 atom stereocenters. The maximum Gasteiger partial charge on any atom is 0.252 e. The van der Waals surface area contributed by atoms with Crippen LogP contribution in [0.2, 0.25) is 0 Å². The molecule has 0 aromatic heterocycles. The van der Waals surface area contributed by atoms with Crippen molar-refractivity contribution in [3.05, 3.63) is 94.6 Å². The molecule has 0 radical (unpaired) electrons. The predicted octanol–water partition coefficient (Wildman–Crippen LogP) is 7.02. The van der Waals surface area contributed by atoms with E-state index in [1.54, 1.807) is 6.92 Å². The average molecular weight is 557 g/mol. The number of nitrogens with zero attached hydrogens (tertiary/aromatic N) is 1. The van der Waals surface area contributed by atoms with Crippen LogP contribution in [0, 0.1) is 0 Å². The van der Waals surface area contributed by atoms with Crippen LogP contribution in [0.25, 0.3) is 16.2 Å². The average Bonchev–Trinajstić information content (AvgIpc) is 3.33. The van der Waals surface area contributed by atoms with Crippen LogP contribution in [0.1, 0.15) is 66.6 Å². The molecule has 2 aliphatic carbocycles. The molecule has 0 saturated heterocycles. The Balaban J connectivity index is 1.50. The monoisotopic (exact) mass is 556 g/mol. The fourth-order valence-electron chi connectivity index (χ4n) is 5.96. The third-order valence-corrected chi connectivity index (χ3v) is 8.71. The summed E-state index contributed by atoms with van der Waals surface area (Å²) in [6, 6.07) is 22.4. The van der Waals surface area contributed by atoms with Crippen LogP contribution in [-0.4, -0.2) is 42.3 Å². The smallest absolute Gasteiger partial charge is 0.252 e. The van der Waals surface area contributed by atoms with Crippen LogP contribution in [0.5, 0.6) is 5.75 Å². The highest BCUT2D eigenvalue weighted by atomic mass is 35.5. The maximum atomic E-state index is 14.3. The predicted molar refractivity (Wildman–Crippen MR) is 162 cm³/mol. The SMILES string of the molecule is CCOc1ccc(-c2ccc(C(C)=O)cc2)cc1CN(C(=O)C1=C(Cl)c2ccccc2C1)C1CCC(NC)CC1. The van der Waals surface area contributed by atoms with E-state index in [-0.39, 0.29) is 17.7 Å². The molecule has 0 heterocycles. The summed E-state index contributed by atoms with van der Waals surface area (Å²) in [4.78, 5) is 28.1. The lowest BCUT2D eigenvalue weighted by Crippen LogP contribution is -2.45. The third kappa shape index (κ3) is 5.86. The second kappa shape index (κ2) is 12.4. The lowest BCUT2D eigenvalue weighted by atomic mass is 9.89. The van der Waals surface area contributed by atoms with E-state index in [9.17, 15) is 9.59 Å². The number of hydrogen-bond donors (Lipinski definition) is 1. The van der Waals surface area contributed by atoms with Gasteiger partial charge in [-0.1, -0.05) is 66.2 Å². The molecule has 3 aromatic rings. The molecule has 0 aliphatic heterocycles. The van der Waals surface area contributed by atoms with Crippen molar-refractivity contribution in [2.75, 3.05) is 13.7 Å². The molecule has 1 saturated carbocycles. The van der Waals surface area contributed by atoms with Crippen molar-refractivity contribution in [3.8, 4) is 16.9 Å². The number of hydrogen-bond acceptors (Lipinski definition) is 4. The quantitative estimate of drug-likeness (QED) is 0.288. The Kier molecular flexibility index (Phi) is 8.72. The number of carbonyl (C=O) groups excluding carboxylic acids is 2. The largest absolute Gasteiger partial charge is 0.494 e. The van der Waals surface area contributed by atoms with Crippen LogP contribution in [0.3, 0.4) is 0 Å². The van der Waals surface area contributed by atoms with Gasteiger partial charge in [0.1, 0.15) is 5.75 Å². The van der Waals surface area contributed by atoms with Gasteiger partial charge in [0, 0.05) is 41.7 Å². The van der Waals surface area contributed by atoms with E-state index in [2.05, 4.69) is 17.4 Å². The molecule has 40 heavy (non-hydrogen) atoms. The standard InChI is InChI=1S/C34H37ClN2O3/c1-4-40-32-18-13-25(24-11-9-23(10-12-24)22(2)38)19-27(32)21-37(29-16-14-28(36-3)15-17-29)34(39)31-20-26-7-5-6-8-30(26)33(31)35/h5-13,18-19,28-29,36H,4,14-17,20-21H2,1-3H3. The van der Waals surface area contributed by atoms with Crippen molar-refractivity contribution in [2.24, 2.45) is 0 Å². The zero-order valence-corrected chi connectivity index (χ0v) is 24.3. The first-order valence-electron chi connectivity index (χ1n) is 14.2. The highest BCUT2D eigenvalue weighted by Gasteiger charge is 2.34. The van der Waals surface area contributed by atoms with Gasteiger partial charge < -0.3 is 15.0 Å². The molecule has 3 aromatic carbocycles. The molecule has 208 valence electrons. The fourth-order valence-corrected chi connectivity index (χ4v) is 6.30. The van der Waals surface area contributed by atoms with Gasteiger partial charge >= 0.3 is 0 Å². The van der Waals surface area contributed by atoms with E-state index in [1.165, 1.54) is 0 Å². The first-order valence-corrected chi connectivity index (χ1v) is 14.6. The van der Waals surface area contributed by atoms with Gasteiger partial charge in [-0.2, -0.15) is 0 Å². The summed E-state index contributed by atoms with van der Waals surface area (Å²) in [5.41, 5.74) is 6.41. The van der Waals surface area contributed by atoms with Crippen molar-refractivity contribution in [2.45, 2.75) is 64.6 Å². The number of amides is 1. The lowest BCUT2D eigenvalue weighted by Gasteiger charge is -2.37. The first kappa shape index (κ1) is 28.1. The normalized spacial score (nSPS) is 18.4. The first-order chi connectivity index (χ1) is 19.4. The van der Waals surface area contributed by atoms with Crippen LogP contribution in [0.4, 0.5) is 0 Å². The molecule has 2 aliphatic rings. The number of nitrogens with one attached hydrogen (secondary N) is 1. The van der Waals surface area contributed by atoms with E-state index in [0.29, 0.717) is 41.8 Å². The van der Waals surface area contributed by atoms with Gasteiger partial charge in [-0.25, -0.2) is 0 Å². The number of rotatable bonds is 9. The van der Waals surface area contributed by atoms with Crippen molar-refractivity contribution in [1.82, 2.24) is 10.2 Å². The van der Waals surface area contributed by atoms with Crippen molar-refractivity contribution >= 4 is 28.3 Å². The van der Waals surface area contributed by atoms with Crippen molar-refractivity contribution < 1.29 is 14.3 Å². The molecule has 1 N–H and O–H groups in total. The number of fused-ring (bicyclic) bond motifs is 1. The van der Waals surface area contributed by atoms with E-state index >= 15 is 0 Å². The fraction of sp³-hybridized carbons (Fsp3) is 0.353. The number of benzene rings is 3. The molecule has 1 amide bonds. The Labute approximate surface area is 242 Å². The van der Waals surface area contributed by atoms with Gasteiger partial charge in [0.2, 0.25) is 0 Å². The molecule has 6 heteroatoms. The topological polar surface area (TPSA) is 58.6 Å². The Bertz CT molecular complexity index is 1420. The van der Waals surface area contributed by atoms with E-state index in [0.717, 1.165) is 59.3 Å². The molecule has 5 rings (SSSR count). The Morgan fingerprint density at radius 3 is 2.33 bits per heavy atom. The summed E-state index contributed by atoms with van der Waals surface area (Å²) in [5.74, 6) is 0.832. The van der Waals surface area contributed by atoms with E-state index < -0.39 is 0 Å². The van der Waals surface area contributed by atoms with Crippen LogP contribution < -0.4 is 10.1 Å². The van der Waals surface area contributed by atoms with Gasteiger partial charge in [0.15, 0.2) is 5.78 Å². The van der Waals surface area contributed by atoms with Crippen LogP contribution >= 0.6 is 11.6 Å². The van der Waals surface area contributed by atoms with Gasteiger partial charge in [-0.3, -0.25) is 9.59 Å². The summed E-state index contributed by atoms with van der Waals surface area (Å²) >= 11 is 6.83. The van der Waals surface area contributed by atoms with Crippen LogP contribution in [-0.2, 0) is 17.8 Å². The van der Waals surface area contributed by atoms with E-state index in [1.807, 2.05) is 73.5 Å². The second-order valence-corrected chi connectivity index (χ2v) is 11.1. The third-order valence-electron chi connectivity index (χ3n) is 8.28. The molecule has 0 unspecified atom stereocenters. The van der Waals surface area contributed by atoms with Crippen LogP contribution in [0.15, 0.2) is 72.3 Å². The summed E-state index contributed by atoms with van der Waals surface area (Å²) in [6.45, 7) is 4.52. The number of ketones is 1. The Morgan fingerprint density at radius 2 is 1.68 bits per heavy atom. The van der Waals surface area contributed by atoms with Crippen molar-refractivity contribution in [3.63, 3.8) is 0 Å². The lowest BCUT2D eigenvalue weighted by molar-refractivity contribution is -0.130. The summed E-state index contributed by atoms with van der Waals surface area (Å²) in [6.07, 6.45) is 4.48. The number of halogens is 1. The zero-order valence-electron chi connectivity index (χ0n) is 23.5. The zero-order chi connectivity index (χ0) is 28.2. The van der Waals surface area contributed by atoms with Gasteiger partial charge in [0.05, 0.1) is 11.6 Å². The minimum Gasteiger partial charge on any atom is -0.494 e. The highest BCUT2D eigenvalue weighted by molar-refractivity contribution is 6.51. The molecular weight excluding hydrogens is 520 g/mol. The number of ether oxygens (including phenoxy) is 1. The molecule has 0 spiro atoms. The Hall–Kier alpha value is -3.41. The summed E-state index contributed by atoms with van der Waals surface area (Å²) in [5, 5.41) is 3.97. The number of carbonyl (C=O) groups is 2. The van der Waals surface area contributed by atoms with Gasteiger partial charge in [-0.05, 0) is 81.0 Å². The molecule has 5 nitrogen and oxygen atoms in total. The molecular formula is C34H37ClN2O3. The minimum absolute atomic E-state index is 0.00719. The molecule has 1 fully saturated rings. The van der Waals surface area contributed by atoms with E-state index in [4.69, 9.17) is 16.3 Å². The van der Waals surface area contributed by atoms with Gasteiger partial charge in [0.25, 0.3) is 5.91 Å². The second-order valence-electron chi connectivity index (χ2n) is 10.7.